The zero-order valence-corrected chi connectivity index (χ0v) is 15.1. The summed E-state index contributed by atoms with van der Waals surface area (Å²) >= 11 is 0. The van der Waals surface area contributed by atoms with E-state index in [4.69, 9.17) is 0 Å². The summed E-state index contributed by atoms with van der Waals surface area (Å²) in [5, 5.41) is 14.2. The summed E-state index contributed by atoms with van der Waals surface area (Å²) in [6.07, 6.45) is 0.942. The molecule has 0 bridgehead atoms. The van der Waals surface area contributed by atoms with Gasteiger partial charge in [-0.3, -0.25) is 19.7 Å². The van der Waals surface area contributed by atoms with E-state index in [2.05, 4.69) is 5.32 Å². The van der Waals surface area contributed by atoms with E-state index in [0.717, 1.165) is 0 Å². The molecule has 0 aliphatic carbocycles. The zero-order valence-electron chi connectivity index (χ0n) is 15.1. The fourth-order valence-electron chi connectivity index (χ4n) is 3.18. The van der Waals surface area contributed by atoms with Gasteiger partial charge in [0.25, 0.3) is 5.69 Å². The van der Waals surface area contributed by atoms with Gasteiger partial charge in [0, 0.05) is 37.7 Å². The molecule has 2 aromatic rings. The number of ketones is 1. The minimum Gasteiger partial charge on any atom is -0.379 e. The number of hydrogen-bond acceptors (Lipinski definition) is 5. The largest absolute Gasteiger partial charge is 0.379 e. The molecule has 1 amide bonds. The van der Waals surface area contributed by atoms with Crippen LogP contribution in [-0.2, 0) is 17.9 Å². The topological polar surface area (TPSA) is 92.6 Å². The molecule has 27 heavy (non-hydrogen) atoms. The average Bonchev–Trinajstić information content (AvgIpc) is 3.09. The molecule has 0 spiro atoms. The van der Waals surface area contributed by atoms with Crippen LogP contribution < -0.4 is 5.32 Å². The van der Waals surface area contributed by atoms with E-state index < -0.39 is 4.92 Å². The van der Waals surface area contributed by atoms with Crippen LogP contribution in [0, 0.1) is 10.1 Å². The monoisotopic (exact) mass is 367 g/mol. The van der Waals surface area contributed by atoms with Crippen molar-refractivity contribution in [3.8, 4) is 0 Å². The highest BCUT2D eigenvalue weighted by atomic mass is 16.6. The second-order valence-electron chi connectivity index (χ2n) is 6.59. The predicted molar refractivity (Wildman–Crippen MR) is 102 cm³/mol. The molecule has 0 saturated carbocycles. The molecule has 1 aliphatic heterocycles. The molecule has 0 radical (unpaired) electrons. The van der Waals surface area contributed by atoms with Gasteiger partial charge in [0.15, 0.2) is 5.78 Å². The Morgan fingerprint density at radius 3 is 2.41 bits per heavy atom. The third-order valence-corrected chi connectivity index (χ3v) is 4.68. The number of benzene rings is 2. The summed E-state index contributed by atoms with van der Waals surface area (Å²) in [7, 11) is 0. The third kappa shape index (κ3) is 4.31. The summed E-state index contributed by atoms with van der Waals surface area (Å²) in [4.78, 5) is 36.3. The minimum absolute atomic E-state index is 0.0782. The van der Waals surface area contributed by atoms with Crippen molar-refractivity contribution in [2.24, 2.45) is 0 Å². The summed E-state index contributed by atoms with van der Waals surface area (Å²) < 4.78 is 0. The highest BCUT2D eigenvalue weighted by Crippen LogP contribution is 2.26. The van der Waals surface area contributed by atoms with E-state index in [1.807, 2.05) is 29.2 Å². The minimum atomic E-state index is -0.513. The number of carbonyl (C=O) groups is 2. The summed E-state index contributed by atoms with van der Waals surface area (Å²) in [5.74, 6) is -0.142. The molecule has 0 fully saturated rings. The number of amides is 1. The quantitative estimate of drug-likeness (QED) is 0.350. The van der Waals surface area contributed by atoms with Crippen molar-refractivity contribution >= 4 is 23.1 Å². The van der Waals surface area contributed by atoms with Crippen LogP contribution in [0.1, 0.15) is 41.3 Å². The molecular weight excluding hydrogens is 346 g/mol. The Morgan fingerprint density at radius 2 is 1.81 bits per heavy atom. The van der Waals surface area contributed by atoms with Gasteiger partial charge < -0.3 is 10.2 Å². The number of anilines is 1. The maximum absolute atomic E-state index is 12.4. The number of nitrogens with zero attached hydrogens (tertiary/aromatic N) is 2. The maximum atomic E-state index is 12.4. The predicted octanol–water partition coefficient (Wildman–Crippen LogP) is 3.53. The molecule has 0 saturated heterocycles. The van der Waals surface area contributed by atoms with Gasteiger partial charge in [-0.1, -0.05) is 24.3 Å². The van der Waals surface area contributed by atoms with Crippen LogP contribution >= 0.6 is 0 Å². The van der Waals surface area contributed by atoms with E-state index in [1.165, 1.54) is 30.2 Å². The lowest BCUT2D eigenvalue weighted by Gasteiger charge is -2.15. The number of nitro benzene ring substituents is 1. The van der Waals surface area contributed by atoms with Crippen molar-refractivity contribution in [2.45, 2.75) is 32.9 Å². The highest BCUT2D eigenvalue weighted by molar-refractivity contribution is 5.95. The molecule has 140 valence electrons. The van der Waals surface area contributed by atoms with Crippen molar-refractivity contribution in [1.29, 1.82) is 0 Å². The standard InChI is InChI=1S/C20H21N3O4/c1-14(24)15-8-9-18(19(11-15)23(26)27)21-10-4-7-20(25)22-12-16-5-2-3-6-17(16)13-22/h2-3,5-6,8-9,11,21H,4,7,10,12-13H2,1H3. The molecule has 0 atom stereocenters. The van der Waals surface area contributed by atoms with Crippen molar-refractivity contribution in [3.63, 3.8) is 0 Å². The Labute approximate surface area is 157 Å². The summed E-state index contributed by atoms with van der Waals surface area (Å²) in [6.45, 7) is 3.09. The van der Waals surface area contributed by atoms with E-state index >= 15 is 0 Å². The Morgan fingerprint density at radius 1 is 1.15 bits per heavy atom. The second kappa shape index (κ2) is 7.99. The Kier molecular flexibility index (Phi) is 5.49. The lowest BCUT2D eigenvalue weighted by Crippen LogP contribution is -2.25. The Hall–Kier alpha value is -3.22. The van der Waals surface area contributed by atoms with Gasteiger partial charge in [-0.25, -0.2) is 0 Å². The molecule has 1 N–H and O–H groups in total. The van der Waals surface area contributed by atoms with E-state index in [1.54, 1.807) is 6.07 Å². The number of fused-ring (bicyclic) bond motifs is 1. The number of nitrogens with one attached hydrogen (secondary N) is 1. The van der Waals surface area contributed by atoms with Crippen LogP contribution in [0.3, 0.4) is 0 Å². The normalized spacial score (nSPS) is 12.6. The number of nitro groups is 1. The lowest BCUT2D eigenvalue weighted by atomic mass is 10.1. The molecule has 1 heterocycles. The van der Waals surface area contributed by atoms with Gasteiger partial charge >= 0.3 is 0 Å². The molecule has 3 rings (SSSR count). The molecule has 7 nitrogen and oxygen atoms in total. The first-order valence-electron chi connectivity index (χ1n) is 8.83. The van der Waals surface area contributed by atoms with Crippen LogP contribution in [0.4, 0.5) is 11.4 Å². The number of hydrogen-bond donors (Lipinski definition) is 1. The lowest BCUT2D eigenvalue weighted by molar-refractivity contribution is -0.384. The molecular formula is C20H21N3O4. The molecule has 2 aromatic carbocycles. The SMILES string of the molecule is CC(=O)c1ccc(NCCCC(=O)N2Cc3ccccc3C2)c([N+](=O)[O-])c1. The van der Waals surface area contributed by atoms with Crippen molar-refractivity contribution in [3.05, 3.63) is 69.3 Å². The van der Waals surface area contributed by atoms with Crippen molar-refractivity contribution in [1.82, 2.24) is 4.90 Å². The van der Waals surface area contributed by atoms with Crippen LogP contribution in [0.5, 0.6) is 0 Å². The van der Waals surface area contributed by atoms with Gasteiger partial charge in [-0.2, -0.15) is 0 Å². The third-order valence-electron chi connectivity index (χ3n) is 4.68. The fraction of sp³-hybridized carbons (Fsp3) is 0.300. The molecule has 0 unspecified atom stereocenters. The molecule has 0 aromatic heterocycles. The highest BCUT2D eigenvalue weighted by Gasteiger charge is 2.22. The summed E-state index contributed by atoms with van der Waals surface area (Å²) in [6, 6.07) is 12.4. The number of carbonyl (C=O) groups excluding carboxylic acids is 2. The first-order valence-corrected chi connectivity index (χ1v) is 8.83. The van der Waals surface area contributed by atoms with Crippen LogP contribution in [0.15, 0.2) is 42.5 Å². The second-order valence-corrected chi connectivity index (χ2v) is 6.59. The first kappa shape index (κ1) is 18.6. The average molecular weight is 367 g/mol. The van der Waals surface area contributed by atoms with Crippen molar-refractivity contribution < 1.29 is 14.5 Å². The smallest absolute Gasteiger partial charge is 0.293 e. The summed E-state index contributed by atoms with van der Waals surface area (Å²) in [5.41, 5.74) is 2.89. The van der Waals surface area contributed by atoms with Crippen LogP contribution in [0.25, 0.3) is 0 Å². The first-order chi connectivity index (χ1) is 13.0. The van der Waals surface area contributed by atoms with Crippen LogP contribution in [0.2, 0.25) is 0 Å². The fourth-order valence-corrected chi connectivity index (χ4v) is 3.18. The molecule has 1 aliphatic rings. The van der Waals surface area contributed by atoms with Gasteiger partial charge in [0.1, 0.15) is 5.69 Å². The zero-order chi connectivity index (χ0) is 19.4. The van der Waals surface area contributed by atoms with Gasteiger partial charge in [-0.15, -0.1) is 0 Å². The maximum Gasteiger partial charge on any atom is 0.293 e. The van der Waals surface area contributed by atoms with E-state index in [9.17, 15) is 19.7 Å². The van der Waals surface area contributed by atoms with Crippen molar-refractivity contribution in [2.75, 3.05) is 11.9 Å². The van der Waals surface area contributed by atoms with Crippen LogP contribution in [-0.4, -0.2) is 28.1 Å². The number of Topliss-reactive ketones (excluding diaryl/α,β-unsaturated/α-hetero) is 1. The van der Waals surface area contributed by atoms with Gasteiger partial charge in [0.05, 0.1) is 4.92 Å². The number of rotatable bonds is 7. The Balaban J connectivity index is 1.51. The van der Waals surface area contributed by atoms with E-state index in [0.29, 0.717) is 43.7 Å². The van der Waals surface area contributed by atoms with Gasteiger partial charge in [0.2, 0.25) is 5.91 Å². The molecule has 7 heteroatoms. The Bertz CT molecular complexity index is 870. The van der Waals surface area contributed by atoms with Gasteiger partial charge in [-0.05, 0) is 36.6 Å². The van der Waals surface area contributed by atoms with E-state index in [-0.39, 0.29) is 17.4 Å².